The number of likely N-dealkylation sites (tertiary alicyclic amines) is 2. The molecule has 1 aromatic rings. The van der Waals surface area contributed by atoms with Crippen LogP contribution in [0, 0.1) is 11.3 Å². The van der Waals surface area contributed by atoms with E-state index < -0.39 is 0 Å². The summed E-state index contributed by atoms with van der Waals surface area (Å²) in [4.78, 5) is 33.6. The third-order valence-corrected chi connectivity index (χ3v) is 5.72. The first-order chi connectivity index (χ1) is 11.7. The number of carbonyl (C=O) groups excluding carboxylic acids is 2. The molecule has 0 N–H and O–H groups in total. The van der Waals surface area contributed by atoms with Crippen molar-refractivity contribution in [3.8, 4) is 0 Å². The van der Waals surface area contributed by atoms with Gasteiger partial charge in [0.05, 0.1) is 5.41 Å². The number of nitrogens with zero attached hydrogens (tertiary/aromatic N) is 3. The summed E-state index contributed by atoms with van der Waals surface area (Å²) in [5, 5.41) is 0. The lowest BCUT2D eigenvalue weighted by molar-refractivity contribution is -0.138. The molecule has 126 valence electrons. The molecule has 0 unspecified atom stereocenters. The predicted octanol–water partition coefficient (Wildman–Crippen LogP) is 2.00. The van der Waals surface area contributed by atoms with Crippen LogP contribution in [0.5, 0.6) is 0 Å². The van der Waals surface area contributed by atoms with Crippen LogP contribution in [-0.4, -0.2) is 46.2 Å². The largest absolute Gasteiger partial charge is 0.341 e. The molecule has 1 aromatic heterocycles. The monoisotopic (exact) mass is 325 g/mol. The highest BCUT2D eigenvalue weighted by Gasteiger charge is 2.51. The third-order valence-electron chi connectivity index (χ3n) is 5.72. The fraction of sp³-hybridized carbons (Fsp3) is 0.526. The van der Waals surface area contributed by atoms with Gasteiger partial charge in [-0.2, -0.15) is 0 Å². The Morgan fingerprint density at radius 3 is 2.79 bits per heavy atom. The number of carbonyl (C=O) groups is 2. The molecule has 5 heteroatoms. The Bertz CT molecular complexity index is 664. The van der Waals surface area contributed by atoms with Crippen molar-refractivity contribution in [1.82, 2.24) is 14.8 Å². The molecule has 1 aliphatic carbocycles. The summed E-state index contributed by atoms with van der Waals surface area (Å²) in [6, 6.07) is 3.90. The van der Waals surface area contributed by atoms with Crippen molar-refractivity contribution in [3.63, 3.8) is 0 Å². The number of amides is 2. The van der Waals surface area contributed by atoms with E-state index in [-0.39, 0.29) is 23.1 Å². The van der Waals surface area contributed by atoms with Crippen LogP contribution >= 0.6 is 0 Å². The standard InChI is InChI=1S/C19H23N3O2/c23-17(16-5-1-2-6-16)22-11-8-19(14-22)7-10-21(18(19)24)13-15-4-3-9-20-12-15/h1-4,9,12,16H,5-8,10-11,13-14H2/t19-/m1/s1. The Kier molecular flexibility index (Phi) is 3.87. The summed E-state index contributed by atoms with van der Waals surface area (Å²) in [5.74, 6) is 0.546. The van der Waals surface area contributed by atoms with Gasteiger partial charge < -0.3 is 9.80 Å². The molecule has 2 saturated heterocycles. The molecule has 0 saturated carbocycles. The Labute approximate surface area is 142 Å². The minimum Gasteiger partial charge on any atom is -0.341 e. The Morgan fingerprint density at radius 1 is 1.25 bits per heavy atom. The zero-order valence-corrected chi connectivity index (χ0v) is 13.9. The molecular weight excluding hydrogens is 302 g/mol. The molecule has 0 aromatic carbocycles. The minimum atomic E-state index is -0.343. The average Bonchev–Trinajstić information content (AvgIpc) is 3.34. The molecular formula is C19H23N3O2. The van der Waals surface area contributed by atoms with Gasteiger partial charge in [-0.25, -0.2) is 0 Å². The highest BCUT2D eigenvalue weighted by Crippen LogP contribution is 2.42. The van der Waals surface area contributed by atoms with Crippen molar-refractivity contribution < 1.29 is 9.59 Å². The van der Waals surface area contributed by atoms with Gasteiger partial charge >= 0.3 is 0 Å². The van der Waals surface area contributed by atoms with E-state index in [2.05, 4.69) is 17.1 Å². The molecule has 1 spiro atoms. The van der Waals surface area contributed by atoms with Gasteiger partial charge in [0.15, 0.2) is 0 Å². The number of hydrogen-bond acceptors (Lipinski definition) is 3. The number of allylic oxidation sites excluding steroid dienone is 2. The van der Waals surface area contributed by atoms with Gasteiger partial charge in [0, 0.05) is 44.5 Å². The lowest BCUT2D eigenvalue weighted by Gasteiger charge is -2.25. The highest BCUT2D eigenvalue weighted by atomic mass is 16.2. The molecule has 2 aliphatic heterocycles. The Morgan fingerprint density at radius 2 is 2.04 bits per heavy atom. The summed E-state index contributed by atoms with van der Waals surface area (Å²) in [5.41, 5.74) is 0.718. The molecule has 4 rings (SSSR count). The van der Waals surface area contributed by atoms with Gasteiger partial charge in [0.2, 0.25) is 11.8 Å². The van der Waals surface area contributed by atoms with E-state index >= 15 is 0 Å². The smallest absolute Gasteiger partial charge is 0.231 e. The molecule has 24 heavy (non-hydrogen) atoms. The number of aromatic nitrogens is 1. The number of pyridine rings is 1. The maximum Gasteiger partial charge on any atom is 0.231 e. The van der Waals surface area contributed by atoms with Crippen LogP contribution in [0.15, 0.2) is 36.7 Å². The lowest BCUT2D eigenvalue weighted by atomic mass is 9.85. The predicted molar refractivity (Wildman–Crippen MR) is 89.8 cm³/mol. The van der Waals surface area contributed by atoms with Crippen LogP contribution in [0.1, 0.15) is 31.2 Å². The van der Waals surface area contributed by atoms with Gasteiger partial charge in [-0.15, -0.1) is 0 Å². The maximum atomic E-state index is 13.0. The van der Waals surface area contributed by atoms with Crippen LogP contribution in [-0.2, 0) is 16.1 Å². The van der Waals surface area contributed by atoms with Crippen LogP contribution in [0.25, 0.3) is 0 Å². The summed E-state index contributed by atoms with van der Waals surface area (Å²) in [6.07, 6.45) is 11.1. The third kappa shape index (κ3) is 2.62. The summed E-state index contributed by atoms with van der Waals surface area (Å²) in [7, 11) is 0. The molecule has 0 radical (unpaired) electrons. The van der Waals surface area contributed by atoms with Crippen molar-refractivity contribution in [2.75, 3.05) is 19.6 Å². The van der Waals surface area contributed by atoms with Crippen LogP contribution < -0.4 is 0 Å². The van der Waals surface area contributed by atoms with E-state index in [1.807, 2.05) is 28.1 Å². The summed E-state index contributed by atoms with van der Waals surface area (Å²) in [6.45, 7) is 2.72. The molecule has 2 fully saturated rings. The minimum absolute atomic E-state index is 0.100. The van der Waals surface area contributed by atoms with Crippen LogP contribution in [0.4, 0.5) is 0 Å². The van der Waals surface area contributed by atoms with Crippen molar-refractivity contribution in [2.24, 2.45) is 11.3 Å². The molecule has 0 bridgehead atoms. The van der Waals surface area contributed by atoms with E-state index in [0.717, 1.165) is 44.3 Å². The van der Waals surface area contributed by atoms with Crippen LogP contribution in [0.2, 0.25) is 0 Å². The highest BCUT2D eigenvalue weighted by molar-refractivity contribution is 5.87. The van der Waals surface area contributed by atoms with Crippen molar-refractivity contribution >= 4 is 11.8 Å². The Balaban J connectivity index is 1.41. The number of hydrogen-bond donors (Lipinski definition) is 0. The van der Waals surface area contributed by atoms with Gasteiger partial charge in [-0.05, 0) is 37.3 Å². The second-order valence-electron chi connectivity index (χ2n) is 7.27. The quantitative estimate of drug-likeness (QED) is 0.799. The van der Waals surface area contributed by atoms with Gasteiger partial charge in [-0.3, -0.25) is 14.6 Å². The first-order valence-electron chi connectivity index (χ1n) is 8.80. The lowest BCUT2D eigenvalue weighted by Crippen LogP contribution is -2.39. The van der Waals surface area contributed by atoms with Gasteiger partial charge in [0.25, 0.3) is 0 Å². The maximum absolute atomic E-state index is 13.0. The first-order valence-corrected chi connectivity index (χ1v) is 8.80. The summed E-state index contributed by atoms with van der Waals surface area (Å²) >= 11 is 0. The zero-order chi connectivity index (χ0) is 16.6. The van der Waals surface area contributed by atoms with Gasteiger partial charge in [-0.1, -0.05) is 18.2 Å². The number of rotatable bonds is 3. The van der Waals surface area contributed by atoms with Crippen molar-refractivity contribution in [2.45, 2.75) is 32.2 Å². The normalized spacial score (nSPS) is 26.9. The topological polar surface area (TPSA) is 53.5 Å². The molecule has 5 nitrogen and oxygen atoms in total. The first kappa shape index (κ1) is 15.4. The molecule has 3 aliphatic rings. The zero-order valence-electron chi connectivity index (χ0n) is 13.9. The van der Waals surface area contributed by atoms with E-state index in [0.29, 0.717) is 13.1 Å². The summed E-state index contributed by atoms with van der Waals surface area (Å²) < 4.78 is 0. The Hall–Kier alpha value is -2.17. The van der Waals surface area contributed by atoms with Gasteiger partial charge in [0.1, 0.15) is 0 Å². The fourth-order valence-electron chi connectivity index (χ4n) is 4.27. The second-order valence-corrected chi connectivity index (χ2v) is 7.27. The van der Waals surface area contributed by atoms with E-state index in [4.69, 9.17) is 0 Å². The van der Waals surface area contributed by atoms with Crippen molar-refractivity contribution in [1.29, 1.82) is 0 Å². The molecule has 3 heterocycles. The second kappa shape index (κ2) is 6.04. The fourth-order valence-corrected chi connectivity index (χ4v) is 4.27. The van der Waals surface area contributed by atoms with Crippen molar-refractivity contribution in [3.05, 3.63) is 42.2 Å². The average molecular weight is 325 g/mol. The SMILES string of the molecule is O=C(C1CC=CC1)N1CC[C@]2(CCN(Cc3cccnc3)C2=O)C1. The van der Waals surface area contributed by atoms with Crippen LogP contribution in [0.3, 0.4) is 0 Å². The molecule has 2 amide bonds. The van der Waals surface area contributed by atoms with E-state index in [1.165, 1.54) is 0 Å². The van der Waals surface area contributed by atoms with E-state index in [9.17, 15) is 9.59 Å². The molecule has 1 atom stereocenters. The van der Waals surface area contributed by atoms with E-state index in [1.54, 1.807) is 6.20 Å².